The number of para-hydroxylation sites is 1. The van der Waals surface area contributed by atoms with E-state index in [-0.39, 0.29) is 58.1 Å². The SMILES string of the molecule is CCc1cccc(CC)c1NC(=O)COC(=O)CCN1C(=O)[C@@H]2[C@H]3C[C@@H]([C@@H](Br)[C@H]3Br)[C@H]2C1=O. The maximum absolute atomic E-state index is 12.9. The molecule has 1 heterocycles. The van der Waals surface area contributed by atoms with E-state index in [0.717, 1.165) is 36.1 Å². The minimum Gasteiger partial charge on any atom is -0.456 e. The molecule has 2 saturated carbocycles. The average Bonchev–Trinajstić information content (AvgIpc) is 3.41. The Morgan fingerprint density at radius 1 is 1.03 bits per heavy atom. The lowest BCUT2D eigenvalue weighted by Crippen LogP contribution is -2.37. The van der Waals surface area contributed by atoms with Gasteiger partial charge in [0.15, 0.2) is 6.61 Å². The molecule has 1 aliphatic heterocycles. The molecule has 0 aromatic heterocycles. The molecule has 6 atom stereocenters. The Morgan fingerprint density at radius 3 is 2.09 bits per heavy atom. The van der Waals surface area contributed by atoms with Gasteiger partial charge in [0.2, 0.25) is 11.8 Å². The van der Waals surface area contributed by atoms with Gasteiger partial charge in [0.05, 0.1) is 18.3 Å². The van der Waals surface area contributed by atoms with Crippen LogP contribution in [-0.4, -0.2) is 51.4 Å². The van der Waals surface area contributed by atoms with E-state index in [2.05, 4.69) is 37.2 Å². The number of fused-ring (bicyclic) bond motifs is 5. The smallest absolute Gasteiger partial charge is 0.308 e. The number of ether oxygens (including phenoxy) is 1. The van der Waals surface area contributed by atoms with Gasteiger partial charge in [-0.05, 0) is 42.2 Å². The zero-order valence-corrected chi connectivity index (χ0v) is 21.9. The highest BCUT2D eigenvalue weighted by Gasteiger charge is 2.66. The number of esters is 1. The van der Waals surface area contributed by atoms with Crippen LogP contribution in [0.25, 0.3) is 0 Å². The summed E-state index contributed by atoms with van der Waals surface area (Å²) in [5.41, 5.74) is 2.82. The number of nitrogens with one attached hydrogen (secondary N) is 1. The second kappa shape index (κ2) is 9.86. The van der Waals surface area contributed by atoms with Crippen molar-refractivity contribution in [1.82, 2.24) is 4.90 Å². The number of hydrogen-bond acceptors (Lipinski definition) is 5. The molecule has 2 bridgehead atoms. The van der Waals surface area contributed by atoms with Crippen LogP contribution in [0.2, 0.25) is 0 Å². The molecule has 178 valence electrons. The van der Waals surface area contributed by atoms with E-state index in [4.69, 9.17) is 4.74 Å². The normalized spacial score (nSPS) is 30.0. The number of rotatable bonds is 8. The van der Waals surface area contributed by atoms with Crippen LogP contribution in [0.15, 0.2) is 18.2 Å². The molecule has 3 aliphatic rings. The number of halogens is 2. The van der Waals surface area contributed by atoms with Gasteiger partial charge < -0.3 is 10.1 Å². The summed E-state index contributed by atoms with van der Waals surface area (Å²) >= 11 is 7.32. The van der Waals surface area contributed by atoms with Crippen LogP contribution in [0.1, 0.15) is 37.8 Å². The van der Waals surface area contributed by atoms with Crippen molar-refractivity contribution in [2.24, 2.45) is 23.7 Å². The average molecular weight is 584 g/mol. The first-order chi connectivity index (χ1) is 15.8. The second-order valence-corrected chi connectivity index (χ2v) is 11.1. The number of anilines is 1. The Labute approximate surface area is 210 Å². The first-order valence-electron chi connectivity index (χ1n) is 11.5. The number of amides is 3. The number of alkyl halides is 2. The van der Waals surface area contributed by atoms with Crippen molar-refractivity contribution < 1.29 is 23.9 Å². The van der Waals surface area contributed by atoms with Crippen LogP contribution in [0.3, 0.4) is 0 Å². The number of benzene rings is 1. The molecular formula is C24H28Br2N2O5. The first kappa shape index (κ1) is 24.4. The van der Waals surface area contributed by atoms with Crippen LogP contribution in [0.5, 0.6) is 0 Å². The number of likely N-dealkylation sites (tertiary alicyclic amines) is 1. The topological polar surface area (TPSA) is 92.8 Å². The molecule has 0 spiro atoms. The number of nitrogens with zero attached hydrogens (tertiary/aromatic N) is 1. The van der Waals surface area contributed by atoms with Gasteiger partial charge in [-0.3, -0.25) is 24.1 Å². The molecule has 3 fully saturated rings. The summed E-state index contributed by atoms with van der Waals surface area (Å²) in [6, 6.07) is 5.88. The summed E-state index contributed by atoms with van der Waals surface area (Å²) in [4.78, 5) is 52.0. The number of imide groups is 1. The van der Waals surface area contributed by atoms with Gasteiger partial charge >= 0.3 is 5.97 Å². The van der Waals surface area contributed by atoms with Crippen LogP contribution in [0.4, 0.5) is 5.69 Å². The minimum absolute atomic E-state index is 0.0108. The van der Waals surface area contributed by atoms with Gasteiger partial charge in [-0.2, -0.15) is 0 Å². The van der Waals surface area contributed by atoms with Gasteiger partial charge in [0.1, 0.15) is 0 Å². The van der Waals surface area contributed by atoms with Crippen molar-refractivity contribution in [2.75, 3.05) is 18.5 Å². The zero-order valence-electron chi connectivity index (χ0n) is 18.7. The molecule has 4 rings (SSSR count). The predicted molar refractivity (Wildman–Crippen MR) is 130 cm³/mol. The van der Waals surface area contributed by atoms with Crippen LogP contribution in [0, 0.1) is 23.7 Å². The maximum atomic E-state index is 12.9. The third-order valence-corrected chi connectivity index (χ3v) is 10.5. The largest absolute Gasteiger partial charge is 0.456 e. The molecule has 0 radical (unpaired) electrons. The fraction of sp³-hybridized carbons (Fsp3) is 0.583. The fourth-order valence-corrected chi connectivity index (χ4v) is 7.50. The molecule has 9 heteroatoms. The molecule has 1 saturated heterocycles. The molecule has 33 heavy (non-hydrogen) atoms. The molecule has 2 aliphatic carbocycles. The van der Waals surface area contributed by atoms with E-state index in [1.165, 1.54) is 4.90 Å². The zero-order chi connectivity index (χ0) is 23.9. The van der Waals surface area contributed by atoms with Crippen molar-refractivity contribution in [3.63, 3.8) is 0 Å². The van der Waals surface area contributed by atoms with Crippen LogP contribution in [-0.2, 0) is 36.8 Å². The quantitative estimate of drug-likeness (QED) is 0.287. The summed E-state index contributed by atoms with van der Waals surface area (Å²) in [5, 5.41) is 2.86. The predicted octanol–water partition coefficient (Wildman–Crippen LogP) is 3.46. The van der Waals surface area contributed by atoms with Crippen molar-refractivity contribution in [3.8, 4) is 0 Å². The Morgan fingerprint density at radius 2 is 1.58 bits per heavy atom. The Balaban J connectivity index is 1.28. The van der Waals surface area contributed by atoms with Gasteiger partial charge in [-0.1, -0.05) is 63.9 Å². The standard InChI is InChI=1S/C24H28Br2N2O5/c1-3-12-6-5-7-13(4-2)22(12)27-16(29)11-33-17(30)8-9-28-23(31)18-14-10-15(19(18)24(28)32)21(26)20(14)25/h5-7,14-15,18-21H,3-4,8-11H2,1-2H3,(H,27,29)/t14-,15-,18-,19-,20-,21+/m1/s1. The lowest BCUT2D eigenvalue weighted by molar-refractivity contribution is -0.149. The Hall–Kier alpha value is -1.74. The lowest BCUT2D eigenvalue weighted by Gasteiger charge is -2.28. The number of aryl methyl sites for hydroxylation is 2. The van der Waals surface area contributed by atoms with E-state index in [1.807, 2.05) is 32.0 Å². The van der Waals surface area contributed by atoms with Crippen molar-refractivity contribution in [2.45, 2.75) is 49.2 Å². The molecular weight excluding hydrogens is 556 g/mol. The third kappa shape index (κ3) is 4.38. The number of carbonyl (C=O) groups excluding carboxylic acids is 4. The fourth-order valence-electron chi connectivity index (χ4n) is 5.63. The summed E-state index contributed by atoms with van der Waals surface area (Å²) in [6.07, 6.45) is 2.29. The minimum atomic E-state index is -0.609. The third-order valence-electron chi connectivity index (χ3n) is 7.25. The highest BCUT2D eigenvalue weighted by molar-refractivity contribution is 9.12. The monoisotopic (exact) mass is 582 g/mol. The molecule has 1 aromatic rings. The van der Waals surface area contributed by atoms with Gasteiger partial charge in [-0.25, -0.2) is 0 Å². The van der Waals surface area contributed by atoms with Crippen molar-refractivity contribution >= 4 is 61.2 Å². The van der Waals surface area contributed by atoms with Crippen LogP contribution >= 0.6 is 31.9 Å². The number of hydrogen-bond donors (Lipinski definition) is 1. The Kier molecular flexibility index (Phi) is 7.29. The summed E-state index contributed by atoms with van der Waals surface area (Å²) in [6.45, 7) is 3.61. The summed E-state index contributed by atoms with van der Waals surface area (Å²) in [5.74, 6) is -1.71. The van der Waals surface area contributed by atoms with E-state index in [1.54, 1.807) is 0 Å². The molecule has 0 unspecified atom stereocenters. The first-order valence-corrected chi connectivity index (χ1v) is 13.3. The second-order valence-electron chi connectivity index (χ2n) is 8.95. The number of carbonyl (C=O) groups is 4. The maximum Gasteiger partial charge on any atom is 0.308 e. The van der Waals surface area contributed by atoms with Gasteiger partial charge in [-0.15, -0.1) is 0 Å². The van der Waals surface area contributed by atoms with Crippen LogP contribution < -0.4 is 5.32 Å². The lowest BCUT2D eigenvalue weighted by atomic mass is 9.81. The molecule has 3 amide bonds. The van der Waals surface area contributed by atoms with Crippen molar-refractivity contribution in [3.05, 3.63) is 29.3 Å². The molecule has 1 aromatic carbocycles. The molecule has 7 nitrogen and oxygen atoms in total. The summed E-state index contributed by atoms with van der Waals surface area (Å²) < 4.78 is 5.12. The van der Waals surface area contributed by atoms with Crippen molar-refractivity contribution in [1.29, 1.82) is 0 Å². The molecule has 1 N–H and O–H groups in total. The Bertz CT molecular complexity index is 929. The summed E-state index contributed by atoms with van der Waals surface area (Å²) in [7, 11) is 0. The van der Waals surface area contributed by atoms with Gasteiger partial charge in [0.25, 0.3) is 5.91 Å². The highest BCUT2D eigenvalue weighted by atomic mass is 79.9. The highest BCUT2D eigenvalue weighted by Crippen LogP contribution is 2.60. The van der Waals surface area contributed by atoms with E-state index >= 15 is 0 Å². The van der Waals surface area contributed by atoms with E-state index in [9.17, 15) is 19.2 Å². The van der Waals surface area contributed by atoms with E-state index in [0.29, 0.717) is 0 Å². The van der Waals surface area contributed by atoms with E-state index < -0.39 is 18.5 Å². The van der Waals surface area contributed by atoms with Gasteiger partial charge in [0, 0.05) is 21.9 Å².